The van der Waals surface area contributed by atoms with Gasteiger partial charge in [-0.25, -0.2) is 4.39 Å². The van der Waals surface area contributed by atoms with E-state index < -0.39 is 0 Å². The van der Waals surface area contributed by atoms with Crippen molar-refractivity contribution >= 4 is 21.7 Å². The molecule has 0 amide bonds. The molecule has 0 spiro atoms. The standard InChI is InChI=1S/C12H12BrFO/c1-12(2)6-10(13)11(15)8-5-7(14)3-4-9(8)12/h3-5,10H,6H2,1-2H3. The Hall–Kier alpha value is -0.700. The maximum absolute atomic E-state index is 13.1. The van der Waals surface area contributed by atoms with Gasteiger partial charge in [-0.2, -0.15) is 0 Å². The lowest BCUT2D eigenvalue weighted by Crippen LogP contribution is -2.34. The van der Waals surface area contributed by atoms with Crippen molar-refractivity contribution < 1.29 is 9.18 Å². The average Bonchev–Trinajstić information content (AvgIpc) is 2.13. The van der Waals surface area contributed by atoms with Gasteiger partial charge in [0.15, 0.2) is 5.78 Å². The number of hydrogen-bond donors (Lipinski definition) is 0. The van der Waals surface area contributed by atoms with Gasteiger partial charge >= 0.3 is 0 Å². The molecular formula is C12H12BrFO. The number of Topliss-reactive ketones (excluding diaryl/α,β-unsaturated/α-hetero) is 1. The Morgan fingerprint density at radius 1 is 1.47 bits per heavy atom. The highest BCUT2D eigenvalue weighted by Gasteiger charge is 2.37. The second-order valence-corrected chi connectivity index (χ2v) is 5.72. The van der Waals surface area contributed by atoms with Gasteiger partial charge in [0.25, 0.3) is 0 Å². The van der Waals surface area contributed by atoms with Gasteiger partial charge in [-0.05, 0) is 29.5 Å². The van der Waals surface area contributed by atoms with E-state index in [9.17, 15) is 9.18 Å². The molecule has 0 radical (unpaired) electrons. The maximum Gasteiger partial charge on any atom is 0.176 e. The van der Waals surface area contributed by atoms with Crippen LogP contribution in [0.4, 0.5) is 4.39 Å². The molecule has 3 heteroatoms. The smallest absolute Gasteiger partial charge is 0.176 e. The van der Waals surface area contributed by atoms with Crippen LogP contribution in [0.5, 0.6) is 0 Å². The molecule has 1 atom stereocenters. The normalized spacial score (nSPS) is 23.7. The summed E-state index contributed by atoms with van der Waals surface area (Å²) in [5, 5.41) is 0. The molecule has 0 saturated carbocycles. The van der Waals surface area contributed by atoms with E-state index in [1.807, 2.05) is 0 Å². The first-order chi connectivity index (χ1) is 6.92. The minimum absolute atomic E-state index is 0.0103. The maximum atomic E-state index is 13.1. The van der Waals surface area contributed by atoms with Crippen molar-refractivity contribution in [2.75, 3.05) is 0 Å². The van der Waals surface area contributed by atoms with Gasteiger partial charge < -0.3 is 0 Å². The Morgan fingerprint density at radius 3 is 2.80 bits per heavy atom. The number of alkyl halides is 1. The van der Waals surface area contributed by atoms with Crippen molar-refractivity contribution in [3.63, 3.8) is 0 Å². The SMILES string of the molecule is CC1(C)CC(Br)C(=O)c2cc(F)ccc21. The van der Waals surface area contributed by atoms with E-state index in [1.54, 1.807) is 6.07 Å². The molecule has 0 heterocycles. The average molecular weight is 271 g/mol. The van der Waals surface area contributed by atoms with Crippen LogP contribution in [0, 0.1) is 5.82 Å². The van der Waals surface area contributed by atoms with Crippen molar-refractivity contribution in [3.05, 3.63) is 35.1 Å². The van der Waals surface area contributed by atoms with Crippen molar-refractivity contribution in [1.82, 2.24) is 0 Å². The summed E-state index contributed by atoms with van der Waals surface area (Å²) < 4.78 is 13.1. The number of carbonyl (C=O) groups is 1. The third-order valence-electron chi connectivity index (χ3n) is 2.95. The zero-order chi connectivity index (χ0) is 11.2. The summed E-state index contributed by atoms with van der Waals surface area (Å²) in [6, 6.07) is 4.48. The van der Waals surface area contributed by atoms with Gasteiger partial charge in [-0.1, -0.05) is 35.8 Å². The van der Waals surface area contributed by atoms with Crippen LogP contribution in [0.15, 0.2) is 18.2 Å². The molecule has 1 nitrogen and oxygen atoms in total. The number of rotatable bonds is 0. The van der Waals surface area contributed by atoms with Crippen molar-refractivity contribution in [2.24, 2.45) is 0 Å². The number of fused-ring (bicyclic) bond motifs is 1. The van der Waals surface area contributed by atoms with Gasteiger partial charge in [0, 0.05) is 5.56 Å². The molecule has 80 valence electrons. The zero-order valence-corrected chi connectivity index (χ0v) is 10.3. The first-order valence-corrected chi connectivity index (χ1v) is 5.82. The third-order valence-corrected chi connectivity index (χ3v) is 3.69. The fraction of sp³-hybridized carbons (Fsp3) is 0.417. The summed E-state index contributed by atoms with van der Waals surface area (Å²) in [7, 11) is 0. The molecule has 1 aliphatic carbocycles. The fourth-order valence-electron chi connectivity index (χ4n) is 2.13. The molecule has 0 aromatic heterocycles. The highest BCUT2D eigenvalue weighted by molar-refractivity contribution is 9.10. The molecular weight excluding hydrogens is 259 g/mol. The van der Waals surface area contributed by atoms with E-state index in [0.29, 0.717) is 5.56 Å². The molecule has 0 aliphatic heterocycles. The van der Waals surface area contributed by atoms with Crippen LogP contribution in [-0.2, 0) is 5.41 Å². The molecule has 1 aromatic carbocycles. The van der Waals surface area contributed by atoms with Crippen LogP contribution >= 0.6 is 15.9 Å². The highest BCUT2D eigenvalue weighted by atomic mass is 79.9. The van der Waals surface area contributed by atoms with Crippen LogP contribution in [0.25, 0.3) is 0 Å². The topological polar surface area (TPSA) is 17.1 Å². The van der Waals surface area contributed by atoms with Crippen LogP contribution < -0.4 is 0 Å². The fourth-order valence-corrected chi connectivity index (χ4v) is 3.19. The number of benzene rings is 1. The molecule has 0 bridgehead atoms. The first-order valence-electron chi connectivity index (χ1n) is 4.90. The first kappa shape index (κ1) is 10.8. The summed E-state index contributed by atoms with van der Waals surface area (Å²) in [5.41, 5.74) is 1.39. The van der Waals surface area contributed by atoms with Crippen LogP contribution in [-0.4, -0.2) is 10.6 Å². The molecule has 0 N–H and O–H groups in total. The summed E-state index contributed by atoms with van der Waals surface area (Å²) in [4.78, 5) is 11.7. The van der Waals surface area contributed by atoms with E-state index in [1.165, 1.54) is 12.1 Å². The Morgan fingerprint density at radius 2 is 2.13 bits per heavy atom. The van der Waals surface area contributed by atoms with Gasteiger partial charge in [-0.3, -0.25) is 4.79 Å². The molecule has 0 saturated heterocycles. The summed E-state index contributed by atoms with van der Waals surface area (Å²) in [5.74, 6) is -0.358. The van der Waals surface area contributed by atoms with Crippen LogP contribution in [0.3, 0.4) is 0 Å². The lowest BCUT2D eigenvalue weighted by Gasteiger charge is -2.34. The lowest BCUT2D eigenvalue weighted by atomic mass is 9.72. The van der Waals surface area contributed by atoms with E-state index >= 15 is 0 Å². The number of ketones is 1. The second-order valence-electron chi connectivity index (χ2n) is 4.61. The van der Waals surface area contributed by atoms with Crippen molar-refractivity contribution in [1.29, 1.82) is 0 Å². The molecule has 0 fully saturated rings. The molecule has 2 rings (SSSR count). The van der Waals surface area contributed by atoms with Crippen molar-refractivity contribution in [3.8, 4) is 0 Å². The van der Waals surface area contributed by atoms with Gasteiger partial charge in [0.2, 0.25) is 0 Å². The van der Waals surface area contributed by atoms with Gasteiger partial charge in [-0.15, -0.1) is 0 Å². The van der Waals surface area contributed by atoms with Crippen LogP contribution in [0.2, 0.25) is 0 Å². The third kappa shape index (κ3) is 1.73. The summed E-state index contributed by atoms with van der Waals surface area (Å²) in [6.07, 6.45) is 0.754. The molecule has 15 heavy (non-hydrogen) atoms. The lowest BCUT2D eigenvalue weighted by molar-refractivity contribution is 0.0966. The van der Waals surface area contributed by atoms with E-state index in [0.717, 1.165) is 12.0 Å². The number of halogens is 2. The Kier molecular flexibility index (Phi) is 2.45. The number of carbonyl (C=O) groups excluding carboxylic acids is 1. The summed E-state index contributed by atoms with van der Waals surface area (Å²) >= 11 is 3.35. The Balaban J connectivity index is 2.64. The predicted molar refractivity (Wildman–Crippen MR) is 61.1 cm³/mol. The summed E-state index contributed by atoms with van der Waals surface area (Å²) in [6.45, 7) is 4.15. The Bertz CT molecular complexity index is 426. The van der Waals surface area contributed by atoms with E-state index in [2.05, 4.69) is 29.8 Å². The predicted octanol–water partition coefficient (Wildman–Crippen LogP) is 3.45. The number of hydrogen-bond acceptors (Lipinski definition) is 1. The minimum Gasteiger partial charge on any atom is -0.293 e. The minimum atomic E-state index is -0.348. The van der Waals surface area contributed by atoms with E-state index in [-0.39, 0.29) is 21.8 Å². The van der Waals surface area contributed by atoms with E-state index in [4.69, 9.17) is 0 Å². The van der Waals surface area contributed by atoms with Gasteiger partial charge in [0.05, 0.1) is 4.83 Å². The monoisotopic (exact) mass is 270 g/mol. The quantitative estimate of drug-likeness (QED) is 0.660. The molecule has 1 unspecified atom stereocenters. The zero-order valence-electron chi connectivity index (χ0n) is 8.68. The largest absolute Gasteiger partial charge is 0.293 e. The second kappa shape index (κ2) is 3.41. The molecule has 1 aromatic rings. The highest BCUT2D eigenvalue weighted by Crippen LogP contribution is 2.39. The van der Waals surface area contributed by atoms with Gasteiger partial charge in [0.1, 0.15) is 5.82 Å². The Labute approximate surface area is 96.8 Å². The van der Waals surface area contributed by atoms with Crippen molar-refractivity contribution in [2.45, 2.75) is 30.5 Å². The van der Waals surface area contributed by atoms with Crippen LogP contribution in [0.1, 0.15) is 36.2 Å². The molecule has 1 aliphatic rings.